The molecule has 0 spiro atoms. The fourth-order valence-electron chi connectivity index (χ4n) is 3.00. The van der Waals surface area contributed by atoms with Crippen LogP contribution in [0.1, 0.15) is 31.5 Å². The SMILES string of the molecule is CC1(C)COc2cc(Cl)cc(Cl)c2C(O)(c2ccccn2)C1. The third kappa shape index (κ3) is 2.69. The summed E-state index contributed by atoms with van der Waals surface area (Å²) in [7, 11) is 0. The molecule has 2 aromatic rings. The van der Waals surface area contributed by atoms with Crippen molar-refractivity contribution in [3.05, 3.63) is 57.8 Å². The summed E-state index contributed by atoms with van der Waals surface area (Å²) in [6.07, 6.45) is 2.11. The Morgan fingerprint density at radius 3 is 2.68 bits per heavy atom. The van der Waals surface area contributed by atoms with Crippen LogP contribution in [0.2, 0.25) is 10.0 Å². The third-order valence-corrected chi connectivity index (χ3v) is 4.39. The molecular weight excluding hydrogens is 321 g/mol. The summed E-state index contributed by atoms with van der Waals surface area (Å²) >= 11 is 12.5. The fourth-order valence-corrected chi connectivity index (χ4v) is 3.63. The summed E-state index contributed by atoms with van der Waals surface area (Å²) in [6.45, 7) is 4.55. The van der Waals surface area contributed by atoms with Crippen molar-refractivity contribution in [3.63, 3.8) is 0 Å². The van der Waals surface area contributed by atoms with Crippen molar-refractivity contribution in [2.75, 3.05) is 6.61 Å². The number of aliphatic hydroxyl groups is 1. The fraction of sp³-hybridized carbons (Fsp3) is 0.353. The van der Waals surface area contributed by atoms with Crippen molar-refractivity contribution in [2.45, 2.75) is 25.9 Å². The van der Waals surface area contributed by atoms with Crippen molar-refractivity contribution < 1.29 is 9.84 Å². The van der Waals surface area contributed by atoms with Gasteiger partial charge in [-0.1, -0.05) is 43.1 Å². The minimum absolute atomic E-state index is 0.249. The summed E-state index contributed by atoms with van der Waals surface area (Å²) < 4.78 is 5.89. The van der Waals surface area contributed by atoms with Crippen LogP contribution in [-0.2, 0) is 5.60 Å². The molecule has 1 unspecified atom stereocenters. The normalized spacial score (nSPS) is 23.3. The molecular formula is C17H17Cl2NO2. The first-order valence-electron chi connectivity index (χ1n) is 7.08. The summed E-state index contributed by atoms with van der Waals surface area (Å²) in [6, 6.07) is 8.78. The van der Waals surface area contributed by atoms with Gasteiger partial charge in [0.15, 0.2) is 0 Å². The van der Waals surface area contributed by atoms with Crippen LogP contribution in [0.5, 0.6) is 5.75 Å². The monoisotopic (exact) mass is 337 g/mol. The molecule has 0 saturated heterocycles. The lowest BCUT2D eigenvalue weighted by molar-refractivity contribution is 0.0266. The summed E-state index contributed by atoms with van der Waals surface area (Å²) in [5.74, 6) is 0.510. The number of benzene rings is 1. The van der Waals surface area contributed by atoms with Crippen LogP contribution in [0.25, 0.3) is 0 Å². The smallest absolute Gasteiger partial charge is 0.137 e. The van der Waals surface area contributed by atoms with Gasteiger partial charge in [0.05, 0.1) is 22.9 Å². The Labute approximate surface area is 139 Å². The summed E-state index contributed by atoms with van der Waals surface area (Å²) in [5.41, 5.74) is -0.485. The van der Waals surface area contributed by atoms with Crippen LogP contribution in [0.4, 0.5) is 0 Å². The molecule has 0 amide bonds. The predicted molar refractivity (Wildman–Crippen MR) is 87.6 cm³/mol. The van der Waals surface area contributed by atoms with Crippen LogP contribution in [0.15, 0.2) is 36.5 Å². The minimum Gasteiger partial charge on any atom is -0.493 e. The lowest BCUT2D eigenvalue weighted by Gasteiger charge is -2.33. The van der Waals surface area contributed by atoms with Gasteiger partial charge in [0.1, 0.15) is 11.4 Å². The van der Waals surface area contributed by atoms with Crippen molar-refractivity contribution >= 4 is 23.2 Å². The molecule has 1 aromatic heterocycles. The maximum absolute atomic E-state index is 11.5. The molecule has 5 heteroatoms. The van der Waals surface area contributed by atoms with Gasteiger partial charge in [0.2, 0.25) is 0 Å². The van der Waals surface area contributed by atoms with E-state index in [9.17, 15) is 5.11 Å². The largest absolute Gasteiger partial charge is 0.493 e. The molecule has 1 aliphatic rings. The third-order valence-electron chi connectivity index (χ3n) is 3.87. The highest BCUT2D eigenvalue weighted by Crippen LogP contribution is 2.49. The number of hydrogen-bond donors (Lipinski definition) is 1. The Morgan fingerprint density at radius 1 is 1.23 bits per heavy atom. The molecule has 3 rings (SSSR count). The van der Waals surface area contributed by atoms with Gasteiger partial charge in [-0.3, -0.25) is 4.98 Å². The first-order valence-corrected chi connectivity index (χ1v) is 7.84. The molecule has 3 nitrogen and oxygen atoms in total. The van der Waals surface area contributed by atoms with E-state index in [0.717, 1.165) is 0 Å². The van der Waals surface area contributed by atoms with E-state index in [4.69, 9.17) is 27.9 Å². The van der Waals surface area contributed by atoms with E-state index >= 15 is 0 Å². The second-order valence-electron chi connectivity index (χ2n) is 6.47. The molecule has 116 valence electrons. The molecule has 1 atom stereocenters. The number of halogens is 2. The molecule has 0 bridgehead atoms. The highest BCUT2D eigenvalue weighted by Gasteiger charge is 2.45. The van der Waals surface area contributed by atoms with Gasteiger partial charge < -0.3 is 9.84 Å². The average Bonchev–Trinajstić information content (AvgIpc) is 2.54. The van der Waals surface area contributed by atoms with E-state index in [1.807, 2.05) is 26.0 Å². The first kappa shape index (κ1) is 15.6. The highest BCUT2D eigenvalue weighted by atomic mass is 35.5. The van der Waals surface area contributed by atoms with Gasteiger partial charge in [-0.2, -0.15) is 0 Å². The maximum atomic E-state index is 11.5. The van der Waals surface area contributed by atoms with Crippen LogP contribution in [0, 0.1) is 5.41 Å². The van der Waals surface area contributed by atoms with E-state index < -0.39 is 5.60 Å². The Bertz CT molecular complexity index is 703. The van der Waals surface area contributed by atoms with Crippen molar-refractivity contribution in [2.24, 2.45) is 5.41 Å². The molecule has 1 aromatic carbocycles. The average molecular weight is 338 g/mol. The highest BCUT2D eigenvalue weighted by molar-refractivity contribution is 6.35. The number of ether oxygens (including phenoxy) is 1. The minimum atomic E-state index is -1.32. The van der Waals surface area contributed by atoms with Gasteiger partial charge in [0.25, 0.3) is 0 Å². The van der Waals surface area contributed by atoms with E-state index in [2.05, 4.69) is 4.98 Å². The number of pyridine rings is 1. The summed E-state index contributed by atoms with van der Waals surface area (Å²) in [5, 5.41) is 12.4. The van der Waals surface area contributed by atoms with Gasteiger partial charge in [0, 0.05) is 16.6 Å². The van der Waals surface area contributed by atoms with Crippen LogP contribution in [0.3, 0.4) is 0 Å². The second kappa shape index (κ2) is 5.41. The van der Waals surface area contributed by atoms with Gasteiger partial charge in [-0.05, 0) is 30.7 Å². The lowest BCUT2D eigenvalue weighted by Crippen LogP contribution is -2.34. The zero-order chi connectivity index (χ0) is 16.0. The second-order valence-corrected chi connectivity index (χ2v) is 7.31. The standard InChI is InChI=1S/C17H17Cl2NO2/c1-16(2)9-17(21,14-5-3-4-6-20-14)15-12(19)7-11(18)8-13(15)22-10-16/h3-8,21H,9-10H2,1-2H3. The Morgan fingerprint density at radius 2 is 2.00 bits per heavy atom. The van der Waals surface area contributed by atoms with Crippen molar-refractivity contribution in [3.8, 4) is 5.75 Å². The Balaban J connectivity index is 2.28. The van der Waals surface area contributed by atoms with Crippen LogP contribution >= 0.6 is 23.2 Å². The topological polar surface area (TPSA) is 42.4 Å². The number of rotatable bonds is 1. The van der Waals surface area contributed by atoms with E-state index in [1.165, 1.54) is 0 Å². The molecule has 0 radical (unpaired) electrons. The summed E-state index contributed by atoms with van der Waals surface area (Å²) in [4.78, 5) is 4.35. The number of fused-ring (bicyclic) bond motifs is 1. The van der Waals surface area contributed by atoms with Crippen LogP contribution in [-0.4, -0.2) is 16.7 Å². The molecule has 0 fully saturated rings. The van der Waals surface area contributed by atoms with Crippen molar-refractivity contribution in [1.29, 1.82) is 0 Å². The first-order chi connectivity index (χ1) is 10.3. The maximum Gasteiger partial charge on any atom is 0.137 e. The predicted octanol–water partition coefficient (Wildman–Crippen LogP) is 4.43. The number of hydrogen-bond acceptors (Lipinski definition) is 3. The zero-order valence-electron chi connectivity index (χ0n) is 12.4. The molecule has 0 saturated carbocycles. The lowest BCUT2D eigenvalue weighted by atomic mass is 9.76. The molecule has 0 aliphatic carbocycles. The van der Waals surface area contributed by atoms with Crippen molar-refractivity contribution in [1.82, 2.24) is 4.98 Å². The molecule has 22 heavy (non-hydrogen) atoms. The van der Waals surface area contributed by atoms with Gasteiger partial charge >= 0.3 is 0 Å². The molecule has 1 N–H and O–H groups in total. The molecule has 2 heterocycles. The number of nitrogens with zero attached hydrogens (tertiary/aromatic N) is 1. The van der Waals surface area contributed by atoms with E-state index in [-0.39, 0.29) is 5.41 Å². The number of aromatic nitrogens is 1. The van der Waals surface area contributed by atoms with Gasteiger partial charge in [-0.15, -0.1) is 0 Å². The van der Waals surface area contributed by atoms with Crippen LogP contribution < -0.4 is 4.74 Å². The molecule has 1 aliphatic heterocycles. The van der Waals surface area contributed by atoms with E-state index in [1.54, 1.807) is 24.4 Å². The Hall–Kier alpha value is -1.29. The zero-order valence-corrected chi connectivity index (χ0v) is 13.9. The Kier molecular flexibility index (Phi) is 3.84. The van der Waals surface area contributed by atoms with Gasteiger partial charge in [-0.25, -0.2) is 0 Å². The van der Waals surface area contributed by atoms with E-state index in [0.29, 0.717) is 40.1 Å². The quantitative estimate of drug-likeness (QED) is 0.836.